The maximum atomic E-state index is 12.7. The number of fused-ring (bicyclic) bond motifs is 4. The van der Waals surface area contributed by atoms with Gasteiger partial charge in [0.15, 0.2) is 94.8 Å². The van der Waals surface area contributed by atoms with Gasteiger partial charge in [-0.1, -0.05) is 24.3 Å². The summed E-state index contributed by atoms with van der Waals surface area (Å²) in [7, 11) is 2.83. The van der Waals surface area contributed by atoms with Gasteiger partial charge in [0.05, 0.1) is 27.4 Å². The number of aromatic hydroxyl groups is 6. The Morgan fingerprint density at radius 2 is 0.771 bits per heavy atom. The Balaban J connectivity index is 0.000000174. The van der Waals surface area contributed by atoms with Gasteiger partial charge in [-0.2, -0.15) is 0 Å². The lowest BCUT2D eigenvalue weighted by molar-refractivity contribution is -0.0130. The number of Topliss-reactive ketones (excluding diaryl/α,β-unsaturated/α-hetero) is 2. The van der Waals surface area contributed by atoms with Crippen molar-refractivity contribution < 1.29 is 98.5 Å². The third-order valence-corrected chi connectivity index (χ3v) is 12.0. The zero-order valence-corrected chi connectivity index (χ0v) is 36.8. The fraction of sp³-hybridized carbons (Fsp3) is 0.240. The van der Waals surface area contributed by atoms with Crippen LogP contribution in [0, 0.1) is 0 Å². The molecule has 0 aliphatic carbocycles. The van der Waals surface area contributed by atoms with E-state index in [1.165, 1.54) is 38.5 Å². The van der Waals surface area contributed by atoms with Crippen LogP contribution < -0.4 is 37.9 Å². The molecule has 4 heterocycles. The van der Waals surface area contributed by atoms with E-state index >= 15 is 0 Å². The van der Waals surface area contributed by atoms with Gasteiger partial charge < -0.3 is 89.0 Å². The zero-order chi connectivity index (χ0) is 49.7. The molecular weight excluding hydrogens is 921 g/mol. The molecular formula is C50H44O20. The highest BCUT2D eigenvalue weighted by molar-refractivity contribution is 6.06. The van der Waals surface area contributed by atoms with Crippen molar-refractivity contribution >= 4 is 11.6 Å². The normalized spacial score (nSPS) is 22.8. The number of hydrogen-bond donors (Lipinski definition) is 10. The maximum Gasteiger partial charge on any atom is 0.202 e. The van der Waals surface area contributed by atoms with E-state index in [-0.39, 0.29) is 81.8 Å². The molecule has 0 radical (unpaired) electrons. The minimum Gasteiger partial charge on any atom is -0.508 e. The van der Waals surface area contributed by atoms with Crippen molar-refractivity contribution in [3.63, 3.8) is 0 Å². The van der Waals surface area contributed by atoms with Gasteiger partial charge >= 0.3 is 0 Å². The fourth-order valence-electron chi connectivity index (χ4n) is 8.56. The first kappa shape index (κ1) is 46.8. The molecule has 8 atom stereocenters. The summed E-state index contributed by atoms with van der Waals surface area (Å²) in [5, 5.41) is 100. The lowest BCUT2D eigenvalue weighted by atomic mass is 9.92. The summed E-state index contributed by atoms with van der Waals surface area (Å²) in [6.07, 6.45) is -8.56. The third-order valence-electron chi connectivity index (χ3n) is 12.0. The van der Waals surface area contributed by atoms with Gasteiger partial charge in [0.2, 0.25) is 11.6 Å². The summed E-state index contributed by atoms with van der Waals surface area (Å²) in [6.45, 7) is -0.699. The van der Waals surface area contributed by atoms with Crippen molar-refractivity contribution in [2.75, 3.05) is 27.4 Å². The van der Waals surface area contributed by atoms with Crippen LogP contribution >= 0.6 is 0 Å². The number of carbonyl (C=O) groups is 2. The fourth-order valence-corrected chi connectivity index (χ4v) is 8.56. The molecule has 4 aliphatic heterocycles. The second-order valence-electron chi connectivity index (χ2n) is 16.4. The van der Waals surface area contributed by atoms with Crippen molar-refractivity contribution in [1.82, 2.24) is 0 Å². The average Bonchev–Trinajstić information content (AvgIpc) is 3.35. The molecule has 20 nitrogen and oxygen atoms in total. The number of aliphatic hydroxyl groups is 4. The highest BCUT2D eigenvalue weighted by Crippen LogP contribution is 2.48. The second-order valence-corrected chi connectivity index (χ2v) is 16.4. The van der Waals surface area contributed by atoms with Gasteiger partial charge in [-0.05, 0) is 59.7 Å². The van der Waals surface area contributed by atoms with Crippen LogP contribution in [0.4, 0.5) is 0 Å². The van der Waals surface area contributed by atoms with Crippen molar-refractivity contribution in [3.05, 3.63) is 130 Å². The smallest absolute Gasteiger partial charge is 0.202 e. The first-order valence-corrected chi connectivity index (χ1v) is 21.4. The topological polar surface area (TPSA) is 310 Å². The summed E-state index contributed by atoms with van der Waals surface area (Å²) in [4.78, 5) is 25.5. The Morgan fingerprint density at radius 1 is 0.414 bits per heavy atom. The Kier molecular flexibility index (Phi) is 12.5. The van der Waals surface area contributed by atoms with Crippen LogP contribution in [0.15, 0.2) is 97.1 Å². The van der Waals surface area contributed by atoms with Gasteiger partial charge in [0, 0.05) is 35.4 Å². The molecule has 0 saturated heterocycles. The Labute approximate surface area is 396 Å². The number of ether oxygens (including phenoxy) is 8. The standard InChI is InChI=1S/2C25H22O10/c2*1-32-17-6-11(2-4-14(17)28)24-20(10-26)33-16-5-3-12(7-18(16)34-24)25-23(31)22(30)21-15(29)8-13(27)9-19(21)35-25/h2*2-9,20,23-29,31H,10H2,1H3/t20-,23+,24-,25-;/m1./s1. The van der Waals surface area contributed by atoms with Crippen molar-refractivity contribution in [1.29, 1.82) is 0 Å². The first-order chi connectivity index (χ1) is 33.6. The first-order valence-electron chi connectivity index (χ1n) is 21.4. The SMILES string of the molecule is COc1cc(C2Oc3cc(C4Oc5cc(O)cc(O)c5C(=O)C4O)ccc3OC2CO)ccc1O.COc1cc([C@H]2Oc3cc([C@H]4Oc5cc(O)cc(O)c5C(=O)[C@@H]4O)ccc3O[C@@H]2CO)ccc1O. The molecule has 0 aromatic heterocycles. The summed E-state index contributed by atoms with van der Waals surface area (Å²) in [5.74, 6) is -1.65. The van der Waals surface area contributed by atoms with Crippen LogP contribution in [-0.2, 0) is 0 Å². The minimum atomic E-state index is -1.62. The number of ketones is 2. The Morgan fingerprint density at radius 3 is 1.14 bits per heavy atom. The van der Waals surface area contributed by atoms with E-state index < -0.39 is 71.9 Å². The molecule has 6 aromatic carbocycles. The number of phenols is 6. The minimum absolute atomic E-state index is 0.0540. The van der Waals surface area contributed by atoms with Crippen LogP contribution in [0.2, 0.25) is 0 Å². The molecule has 20 heteroatoms. The molecule has 364 valence electrons. The van der Waals surface area contributed by atoms with Crippen LogP contribution in [0.1, 0.15) is 67.4 Å². The van der Waals surface area contributed by atoms with E-state index in [2.05, 4.69) is 0 Å². The predicted molar refractivity (Wildman–Crippen MR) is 239 cm³/mol. The number of benzene rings is 6. The average molecular weight is 965 g/mol. The highest BCUT2D eigenvalue weighted by Gasteiger charge is 2.43. The molecule has 0 spiro atoms. The number of methoxy groups -OCH3 is 2. The van der Waals surface area contributed by atoms with Gasteiger partial charge in [0.1, 0.15) is 45.6 Å². The van der Waals surface area contributed by atoms with Crippen LogP contribution in [-0.4, -0.2) is 114 Å². The number of aliphatic hydroxyl groups excluding tert-OH is 4. The van der Waals surface area contributed by atoms with Crippen LogP contribution in [0.25, 0.3) is 0 Å². The van der Waals surface area contributed by atoms with E-state index in [1.54, 1.807) is 60.7 Å². The molecule has 6 aromatic rings. The van der Waals surface area contributed by atoms with Gasteiger partial charge in [-0.3, -0.25) is 9.59 Å². The largest absolute Gasteiger partial charge is 0.508 e. The van der Waals surface area contributed by atoms with Crippen LogP contribution in [0.3, 0.4) is 0 Å². The summed E-state index contributed by atoms with van der Waals surface area (Å²) in [6, 6.07) is 23.0. The van der Waals surface area contributed by atoms with Crippen LogP contribution in [0.5, 0.6) is 80.5 Å². The molecule has 0 fully saturated rings. The van der Waals surface area contributed by atoms with Crippen molar-refractivity contribution in [2.24, 2.45) is 0 Å². The summed E-state index contributed by atoms with van der Waals surface area (Å²) in [5.41, 5.74) is 1.50. The van der Waals surface area contributed by atoms with E-state index in [0.717, 1.165) is 12.1 Å². The summed E-state index contributed by atoms with van der Waals surface area (Å²) >= 11 is 0. The molecule has 70 heavy (non-hydrogen) atoms. The zero-order valence-electron chi connectivity index (χ0n) is 36.8. The van der Waals surface area contributed by atoms with E-state index in [4.69, 9.17) is 37.9 Å². The molecule has 0 amide bonds. The molecule has 10 rings (SSSR count). The lowest BCUT2D eigenvalue weighted by Crippen LogP contribution is -2.37. The number of phenolic OH excluding ortho intramolecular Hbond substituents is 6. The maximum absolute atomic E-state index is 12.7. The van der Waals surface area contributed by atoms with Gasteiger partial charge in [-0.25, -0.2) is 0 Å². The third kappa shape index (κ3) is 8.49. The quantitative estimate of drug-likeness (QED) is 0.0986. The highest BCUT2D eigenvalue weighted by atomic mass is 16.6. The van der Waals surface area contributed by atoms with E-state index in [9.17, 15) is 60.7 Å². The number of rotatable bonds is 8. The predicted octanol–water partition coefficient (Wildman–Crippen LogP) is 4.73. The molecule has 0 bridgehead atoms. The van der Waals surface area contributed by atoms with E-state index in [0.29, 0.717) is 33.8 Å². The molecule has 0 saturated carbocycles. The van der Waals surface area contributed by atoms with Crippen molar-refractivity contribution in [3.8, 4) is 80.5 Å². The summed E-state index contributed by atoms with van der Waals surface area (Å²) < 4.78 is 46.0. The molecule has 4 aliphatic rings. The van der Waals surface area contributed by atoms with Gasteiger partial charge in [0.25, 0.3) is 0 Å². The Bertz CT molecular complexity index is 2810. The number of hydrogen-bond acceptors (Lipinski definition) is 20. The second kappa shape index (κ2) is 18.7. The van der Waals surface area contributed by atoms with E-state index in [1.807, 2.05) is 0 Å². The molecule has 10 N–H and O–H groups in total. The lowest BCUT2D eigenvalue weighted by Gasteiger charge is -2.35. The van der Waals surface area contributed by atoms with Gasteiger partial charge in [-0.15, -0.1) is 0 Å². The van der Waals surface area contributed by atoms with Crippen molar-refractivity contribution in [2.45, 2.75) is 48.8 Å². The Hall–Kier alpha value is -8.30. The number of carbonyl (C=O) groups excluding carboxylic acids is 2. The molecule has 4 unspecified atom stereocenters. The monoisotopic (exact) mass is 964 g/mol.